The molecule has 1 aromatic carbocycles. The minimum absolute atomic E-state index is 0.0461. The van der Waals surface area contributed by atoms with Crippen LogP contribution in [0.25, 0.3) is 0 Å². The molecule has 0 heterocycles. The third kappa shape index (κ3) is 1.11. The van der Waals surface area contributed by atoms with Crippen LogP contribution in [0.1, 0.15) is 27.6 Å². The number of ketones is 2. The summed E-state index contributed by atoms with van der Waals surface area (Å²) in [5, 5.41) is 0. The van der Waals surface area contributed by atoms with Crippen LogP contribution in [-0.4, -0.2) is 11.6 Å². The van der Waals surface area contributed by atoms with E-state index in [0.29, 0.717) is 16.7 Å². The standard InChI is InChI=1S/C11H8O2/c1-7-6-10(12)8-4-2-3-5-9(8)11(7)13/h2-6H,1H3/i1+1. The maximum atomic E-state index is 11.5. The van der Waals surface area contributed by atoms with E-state index in [-0.39, 0.29) is 11.6 Å². The monoisotopic (exact) mass is 173 g/mol. The molecule has 0 aromatic heterocycles. The van der Waals surface area contributed by atoms with Gasteiger partial charge in [0.1, 0.15) is 0 Å². The molecule has 2 rings (SSSR count). The highest BCUT2D eigenvalue weighted by atomic mass is 16.1. The van der Waals surface area contributed by atoms with Crippen molar-refractivity contribution >= 4 is 11.6 Å². The molecule has 0 spiro atoms. The van der Waals surface area contributed by atoms with Gasteiger partial charge in [0.25, 0.3) is 0 Å². The molecule has 0 N–H and O–H groups in total. The zero-order chi connectivity index (χ0) is 9.42. The minimum atomic E-state index is -0.0762. The van der Waals surface area contributed by atoms with Gasteiger partial charge in [0.05, 0.1) is 0 Å². The van der Waals surface area contributed by atoms with Gasteiger partial charge in [0, 0.05) is 16.7 Å². The van der Waals surface area contributed by atoms with Crippen molar-refractivity contribution < 1.29 is 9.59 Å². The molecule has 1 aromatic rings. The Hall–Kier alpha value is -1.70. The predicted molar refractivity (Wildman–Crippen MR) is 48.9 cm³/mol. The molecule has 0 atom stereocenters. The summed E-state index contributed by atoms with van der Waals surface area (Å²) in [5.41, 5.74) is 1.55. The number of hydrogen-bond donors (Lipinski definition) is 0. The van der Waals surface area contributed by atoms with E-state index >= 15 is 0 Å². The van der Waals surface area contributed by atoms with Crippen LogP contribution in [0, 0.1) is 0 Å². The fourth-order valence-electron chi connectivity index (χ4n) is 1.45. The van der Waals surface area contributed by atoms with Crippen LogP contribution in [0.2, 0.25) is 0 Å². The van der Waals surface area contributed by atoms with Crippen LogP contribution in [0.15, 0.2) is 35.9 Å². The van der Waals surface area contributed by atoms with E-state index < -0.39 is 0 Å². The van der Waals surface area contributed by atoms with Gasteiger partial charge >= 0.3 is 0 Å². The Morgan fingerprint density at radius 2 is 1.62 bits per heavy atom. The van der Waals surface area contributed by atoms with Crippen LogP contribution in [0.3, 0.4) is 0 Å². The van der Waals surface area contributed by atoms with Crippen molar-refractivity contribution in [1.29, 1.82) is 0 Å². The van der Waals surface area contributed by atoms with Crippen LogP contribution >= 0.6 is 0 Å². The van der Waals surface area contributed by atoms with E-state index in [1.165, 1.54) is 6.08 Å². The van der Waals surface area contributed by atoms with Crippen molar-refractivity contribution in [3.05, 3.63) is 47.0 Å². The number of hydrogen-bond acceptors (Lipinski definition) is 2. The Bertz CT molecular complexity index is 427. The lowest BCUT2D eigenvalue weighted by atomic mass is 9.92. The average molecular weight is 173 g/mol. The molecule has 0 aliphatic heterocycles. The van der Waals surface area contributed by atoms with Crippen LogP contribution in [0.5, 0.6) is 0 Å². The molecule has 0 radical (unpaired) electrons. The summed E-state index contributed by atoms with van der Waals surface area (Å²) < 4.78 is 0. The second-order valence-electron chi connectivity index (χ2n) is 3.07. The summed E-state index contributed by atoms with van der Waals surface area (Å²) >= 11 is 0. The molecular formula is C11H8O2. The number of fused-ring (bicyclic) bond motifs is 1. The zero-order valence-electron chi connectivity index (χ0n) is 7.20. The number of allylic oxidation sites excluding steroid dienone is 2. The van der Waals surface area contributed by atoms with Crippen LogP contribution in [-0.2, 0) is 0 Å². The third-order valence-electron chi connectivity index (χ3n) is 2.14. The largest absolute Gasteiger partial charge is 0.289 e. The highest BCUT2D eigenvalue weighted by Gasteiger charge is 2.21. The number of rotatable bonds is 0. The molecule has 1 aliphatic carbocycles. The van der Waals surface area contributed by atoms with Gasteiger partial charge in [0.15, 0.2) is 11.6 Å². The SMILES string of the molecule is [13CH3]C1=CC(=O)c2ccccc2C1=O. The lowest BCUT2D eigenvalue weighted by Gasteiger charge is -2.11. The van der Waals surface area contributed by atoms with Gasteiger partial charge < -0.3 is 0 Å². The Kier molecular flexibility index (Phi) is 1.62. The van der Waals surface area contributed by atoms with E-state index in [1.807, 2.05) is 0 Å². The zero-order valence-corrected chi connectivity index (χ0v) is 7.20. The minimum Gasteiger partial charge on any atom is -0.289 e. The smallest absolute Gasteiger partial charge is 0.189 e. The fourth-order valence-corrected chi connectivity index (χ4v) is 1.45. The normalized spacial score (nSPS) is 15.3. The van der Waals surface area contributed by atoms with E-state index in [1.54, 1.807) is 31.2 Å². The summed E-state index contributed by atoms with van der Waals surface area (Å²) in [5.74, 6) is -0.122. The van der Waals surface area contributed by atoms with Crippen LogP contribution in [0.4, 0.5) is 0 Å². The molecular weight excluding hydrogens is 165 g/mol. The lowest BCUT2D eigenvalue weighted by molar-refractivity contribution is 0.0984. The average Bonchev–Trinajstić information content (AvgIpc) is 2.15. The molecule has 1 aliphatic rings. The van der Waals surface area contributed by atoms with Gasteiger partial charge in [-0.3, -0.25) is 9.59 Å². The fraction of sp³-hybridized carbons (Fsp3) is 0.0909. The van der Waals surface area contributed by atoms with Crippen molar-refractivity contribution in [2.45, 2.75) is 6.92 Å². The van der Waals surface area contributed by atoms with E-state index in [0.717, 1.165) is 0 Å². The van der Waals surface area contributed by atoms with Gasteiger partial charge in [-0.25, -0.2) is 0 Å². The molecule has 0 saturated heterocycles. The lowest BCUT2D eigenvalue weighted by Crippen LogP contribution is -2.14. The summed E-state index contributed by atoms with van der Waals surface area (Å²) in [6.45, 7) is 1.66. The Labute approximate surface area is 75.9 Å². The van der Waals surface area contributed by atoms with Crippen LogP contribution < -0.4 is 0 Å². The van der Waals surface area contributed by atoms with Crippen molar-refractivity contribution in [2.75, 3.05) is 0 Å². The first-order chi connectivity index (χ1) is 6.20. The van der Waals surface area contributed by atoms with Gasteiger partial charge in [0.2, 0.25) is 0 Å². The van der Waals surface area contributed by atoms with Crippen molar-refractivity contribution in [2.24, 2.45) is 0 Å². The Morgan fingerprint density at radius 1 is 1.00 bits per heavy atom. The van der Waals surface area contributed by atoms with Crippen molar-refractivity contribution in [3.63, 3.8) is 0 Å². The molecule has 0 amide bonds. The Morgan fingerprint density at radius 3 is 2.31 bits per heavy atom. The summed E-state index contributed by atoms with van der Waals surface area (Å²) in [6.07, 6.45) is 1.39. The first-order valence-corrected chi connectivity index (χ1v) is 4.06. The number of carbonyl (C=O) groups excluding carboxylic acids is 2. The molecule has 0 fully saturated rings. The maximum Gasteiger partial charge on any atom is 0.189 e. The number of benzene rings is 1. The summed E-state index contributed by atoms with van der Waals surface area (Å²) in [7, 11) is 0. The van der Waals surface area contributed by atoms with Gasteiger partial charge in [-0.15, -0.1) is 0 Å². The molecule has 0 unspecified atom stereocenters. The highest BCUT2D eigenvalue weighted by molar-refractivity contribution is 6.24. The summed E-state index contributed by atoms with van der Waals surface area (Å²) in [4.78, 5) is 23.0. The van der Waals surface area contributed by atoms with Gasteiger partial charge in [-0.05, 0) is 13.0 Å². The molecule has 2 nitrogen and oxygen atoms in total. The molecule has 13 heavy (non-hydrogen) atoms. The van der Waals surface area contributed by atoms with E-state index in [4.69, 9.17) is 0 Å². The van der Waals surface area contributed by atoms with E-state index in [9.17, 15) is 9.59 Å². The predicted octanol–water partition coefficient (Wildman–Crippen LogP) is 2.01. The summed E-state index contributed by atoms with van der Waals surface area (Å²) in [6, 6.07) is 6.89. The first-order valence-electron chi connectivity index (χ1n) is 4.06. The second-order valence-corrected chi connectivity index (χ2v) is 3.07. The molecule has 64 valence electrons. The van der Waals surface area contributed by atoms with Gasteiger partial charge in [-0.2, -0.15) is 0 Å². The maximum absolute atomic E-state index is 11.5. The topological polar surface area (TPSA) is 34.1 Å². The molecule has 2 heteroatoms. The number of carbonyl (C=O) groups is 2. The first kappa shape index (κ1) is 7.92. The van der Waals surface area contributed by atoms with Crippen molar-refractivity contribution in [1.82, 2.24) is 0 Å². The highest BCUT2D eigenvalue weighted by Crippen LogP contribution is 2.20. The molecule has 0 bridgehead atoms. The third-order valence-corrected chi connectivity index (χ3v) is 2.14. The molecule has 0 saturated carbocycles. The number of Topliss-reactive ketones (excluding diaryl/α,β-unsaturated/α-hetero) is 1. The second kappa shape index (κ2) is 2.66. The quantitative estimate of drug-likeness (QED) is 0.562. The van der Waals surface area contributed by atoms with Crippen molar-refractivity contribution in [3.8, 4) is 0 Å². The van der Waals surface area contributed by atoms with E-state index in [2.05, 4.69) is 0 Å². The van der Waals surface area contributed by atoms with Gasteiger partial charge in [-0.1, -0.05) is 24.3 Å². The Balaban J connectivity index is 2.69.